The van der Waals surface area contributed by atoms with Gasteiger partial charge in [-0.25, -0.2) is 4.98 Å². The number of benzene rings is 2. The highest BCUT2D eigenvalue weighted by molar-refractivity contribution is 5.80. The van der Waals surface area contributed by atoms with E-state index in [-0.39, 0.29) is 36.0 Å². The standard InChI is InChI=1S/C33H39N7O5/c1-44-26-9-5-23(6-10-26)17-30(41)38-15-13-37(14-16-38)22-31(42)39(18-24-3-4-24)21-29-34-28-20-40(36-32(28)33(43)35-29)19-25-7-11-27(45-2)12-8-25/h5-12,20,24H,3-4,13-19,21-22H2,1-2H3,(H,34,35,43). The van der Waals surface area contributed by atoms with Crippen LogP contribution in [0.3, 0.4) is 0 Å². The van der Waals surface area contributed by atoms with Crippen LogP contribution < -0.4 is 15.0 Å². The largest absolute Gasteiger partial charge is 0.497 e. The number of ether oxygens (including phenoxy) is 2. The van der Waals surface area contributed by atoms with Gasteiger partial charge in [-0.15, -0.1) is 0 Å². The molecule has 12 heteroatoms. The van der Waals surface area contributed by atoms with Crippen LogP contribution in [0.5, 0.6) is 11.5 Å². The maximum atomic E-state index is 13.5. The topological polar surface area (TPSA) is 126 Å². The van der Waals surface area contributed by atoms with Crippen molar-refractivity contribution in [1.29, 1.82) is 0 Å². The van der Waals surface area contributed by atoms with Crippen LogP contribution in [-0.4, -0.2) is 99.8 Å². The van der Waals surface area contributed by atoms with E-state index in [4.69, 9.17) is 9.47 Å². The minimum Gasteiger partial charge on any atom is -0.497 e. The molecule has 0 spiro atoms. The molecular formula is C33H39N7O5. The van der Waals surface area contributed by atoms with E-state index in [1.165, 1.54) is 0 Å². The van der Waals surface area contributed by atoms with Crippen molar-refractivity contribution in [2.75, 3.05) is 53.5 Å². The summed E-state index contributed by atoms with van der Waals surface area (Å²) >= 11 is 0. The van der Waals surface area contributed by atoms with Gasteiger partial charge in [-0.05, 0) is 54.2 Å². The Kier molecular flexibility index (Phi) is 9.11. The van der Waals surface area contributed by atoms with E-state index in [2.05, 4.69) is 20.0 Å². The zero-order valence-corrected chi connectivity index (χ0v) is 25.8. The fourth-order valence-corrected chi connectivity index (χ4v) is 5.62. The monoisotopic (exact) mass is 613 g/mol. The average molecular weight is 614 g/mol. The molecule has 0 unspecified atom stereocenters. The maximum Gasteiger partial charge on any atom is 0.279 e. The number of hydrogen-bond acceptors (Lipinski definition) is 8. The molecule has 0 atom stereocenters. The minimum atomic E-state index is -0.322. The highest BCUT2D eigenvalue weighted by Gasteiger charge is 2.29. The number of fused-ring (bicyclic) bond motifs is 1. The predicted molar refractivity (Wildman–Crippen MR) is 168 cm³/mol. The molecule has 6 rings (SSSR count). The van der Waals surface area contributed by atoms with Gasteiger partial charge in [-0.1, -0.05) is 24.3 Å². The number of amides is 2. The Bertz CT molecular complexity index is 1690. The molecule has 4 aromatic rings. The molecule has 2 aliphatic rings. The molecule has 2 aromatic heterocycles. The molecular weight excluding hydrogens is 574 g/mol. The number of carbonyl (C=O) groups is 2. The van der Waals surface area contributed by atoms with E-state index in [1.807, 2.05) is 58.3 Å². The SMILES string of the molecule is COc1ccc(CC(=O)N2CCN(CC(=O)N(Cc3nc4cn(Cc5ccc(OC)cc5)nc4c(=O)[nH]3)CC3CC3)CC2)cc1. The fraction of sp³-hybridized carbons (Fsp3) is 0.424. The van der Waals surface area contributed by atoms with Gasteiger partial charge in [-0.2, -0.15) is 5.10 Å². The van der Waals surface area contributed by atoms with Crippen molar-refractivity contribution in [2.45, 2.75) is 32.4 Å². The normalized spacial score (nSPS) is 15.3. The molecule has 1 aliphatic heterocycles. The van der Waals surface area contributed by atoms with Crippen molar-refractivity contribution < 1.29 is 19.1 Å². The first-order valence-electron chi connectivity index (χ1n) is 15.4. The van der Waals surface area contributed by atoms with Gasteiger partial charge in [0.15, 0.2) is 5.52 Å². The van der Waals surface area contributed by atoms with E-state index < -0.39 is 0 Å². The number of aromatic amines is 1. The summed E-state index contributed by atoms with van der Waals surface area (Å²) in [5.74, 6) is 2.54. The lowest BCUT2D eigenvalue weighted by atomic mass is 10.1. The van der Waals surface area contributed by atoms with Crippen LogP contribution in [0.1, 0.15) is 29.8 Å². The van der Waals surface area contributed by atoms with Crippen molar-refractivity contribution >= 4 is 22.8 Å². The number of rotatable bonds is 12. The molecule has 0 bridgehead atoms. The number of aromatic nitrogens is 4. The van der Waals surface area contributed by atoms with Gasteiger partial charge >= 0.3 is 0 Å². The van der Waals surface area contributed by atoms with E-state index >= 15 is 0 Å². The molecule has 2 aromatic carbocycles. The van der Waals surface area contributed by atoms with Crippen molar-refractivity contribution in [3.8, 4) is 11.5 Å². The maximum absolute atomic E-state index is 13.5. The Morgan fingerprint density at radius 3 is 2.20 bits per heavy atom. The van der Waals surface area contributed by atoms with Crippen molar-refractivity contribution in [3.63, 3.8) is 0 Å². The predicted octanol–water partition coefficient (Wildman–Crippen LogP) is 2.31. The second-order valence-electron chi connectivity index (χ2n) is 11.8. The van der Waals surface area contributed by atoms with E-state index in [9.17, 15) is 14.4 Å². The zero-order chi connectivity index (χ0) is 31.3. The third-order valence-electron chi connectivity index (χ3n) is 8.44. The number of H-pyrrole nitrogens is 1. The molecule has 2 amide bonds. The summed E-state index contributed by atoms with van der Waals surface area (Å²) in [6, 6.07) is 15.2. The quantitative estimate of drug-likeness (QED) is 0.258. The third-order valence-corrected chi connectivity index (χ3v) is 8.44. The Balaban J connectivity index is 1.06. The lowest BCUT2D eigenvalue weighted by molar-refractivity contribution is -0.135. The molecule has 1 aliphatic carbocycles. The van der Waals surface area contributed by atoms with E-state index in [1.54, 1.807) is 25.1 Å². The molecule has 12 nitrogen and oxygen atoms in total. The molecule has 1 saturated carbocycles. The van der Waals surface area contributed by atoms with Gasteiger partial charge in [0.1, 0.15) is 22.8 Å². The Hall–Kier alpha value is -4.71. The van der Waals surface area contributed by atoms with Gasteiger partial charge in [-0.3, -0.25) is 24.0 Å². The van der Waals surface area contributed by atoms with Crippen LogP contribution in [0.4, 0.5) is 0 Å². The number of nitrogens with one attached hydrogen (secondary N) is 1. The van der Waals surface area contributed by atoms with E-state index in [0.717, 1.165) is 35.5 Å². The van der Waals surface area contributed by atoms with Gasteiger partial charge in [0.25, 0.3) is 5.56 Å². The fourth-order valence-electron chi connectivity index (χ4n) is 5.62. The van der Waals surface area contributed by atoms with Gasteiger partial charge in [0, 0.05) is 32.7 Å². The van der Waals surface area contributed by atoms with Crippen LogP contribution in [0, 0.1) is 5.92 Å². The van der Waals surface area contributed by atoms with Crippen LogP contribution in [0.15, 0.2) is 59.5 Å². The first-order chi connectivity index (χ1) is 21.9. The molecule has 2 fully saturated rings. The number of hydrogen-bond donors (Lipinski definition) is 1. The molecule has 1 N–H and O–H groups in total. The van der Waals surface area contributed by atoms with Crippen molar-refractivity contribution in [1.82, 2.24) is 34.4 Å². The Morgan fingerprint density at radius 2 is 1.58 bits per heavy atom. The van der Waals surface area contributed by atoms with Gasteiger partial charge < -0.3 is 24.3 Å². The summed E-state index contributed by atoms with van der Waals surface area (Å²) in [5.41, 5.74) is 2.41. The number of nitrogens with zero attached hydrogens (tertiary/aromatic N) is 6. The molecule has 236 valence electrons. The highest BCUT2D eigenvalue weighted by atomic mass is 16.5. The van der Waals surface area contributed by atoms with Gasteiger partial charge in [0.2, 0.25) is 11.8 Å². The summed E-state index contributed by atoms with van der Waals surface area (Å²) in [5, 5.41) is 4.45. The first-order valence-corrected chi connectivity index (χ1v) is 15.4. The lowest BCUT2D eigenvalue weighted by Gasteiger charge is -2.35. The van der Waals surface area contributed by atoms with Crippen LogP contribution in [-0.2, 0) is 29.1 Å². The first kappa shape index (κ1) is 30.3. The van der Waals surface area contributed by atoms with Crippen LogP contribution in [0.2, 0.25) is 0 Å². The summed E-state index contributed by atoms with van der Waals surface area (Å²) in [4.78, 5) is 52.7. The molecule has 45 heavy (non-hydrogen) atoms. The zero-order valence-electron chi connectivity index (χ0n) is 25.8. The molecule has 3 heterocycles. The summed E-state index contributed by atoms with van der Waals surface area (Å²) in [6.45, 7) is 4.04. The number of carbonyl (C=O) groups excluding carboxylic acids is 2. The number of piperazine rings is 1. The lowest BCUT2D eigenvalue weighted by Crippen LogP contribution is -2.52. The second kappa shape index (κ2) is 13.5. The summed E-state index contributed by atoms with van der Waals surface area (Å²) in [7, 11) is 3.25. The summed E-state index contributed by atoms with van der Waals surface area (Å²) in [6.07, 6.45) is 4.30. The van der Waals surface area contributed by atoms with Crippen molar-refractivity contribution in [3.05, 3.63) is 82.0 Å². The Morgan fingerprint density at radius 1 is 0.933 bits per heavy atom. The summed E-state index contributed by atoms with van der Waals surface area (Å²) < 4.78 is 12.1. The second-order valence-corrected chi connectivity index (χ2v) is 11.8. The average Bonchev–Trinajstić information content (AvgIpc) is 3.78. The highest BCUT2D eigenvalue weighted by Crippen LogP contribution is 2.30. The number of methoxy groups -OCH3 is 2. The molecule has 1 saturated heterocycles. The minimum absolute atomic E-state index is 0.00199. The van der Waals surface area contributed by atoms with Crippen LogP contribution >= 0.6 is 0 Å². The Labute approximate surface area is 261 Å². The van der Waals surface area contributed by atoms with Crippen LogP contribution in [0.25, 0.3) is 11.0 Å². The van der Waals surface area contributed by atoms with E-state index in [0.29, 0.717) is 62.9 Å². The molecule has 0 radical (unpaired) electrons. The third kappa shape index (κ3) is 7.69. The smallest absolute Gasteiger partial charge is 0.279 e. The van der Waals surface area contributed by atoms with Crippen molar-refractivity contribution in [2.24, 2.45) is 5.92 Å². The van der Waals surface area contributed by atoms with Gasteiger partial charge in [0.05, 0.1) is 46.5 Å².